The van der Waals surface area contributed by atoms with Crippen LogP contribution in [0.1, 0.15) is 47.1 Å². The van der Waals surface area contributed by atoms with E-state index >= 15 is 0 Å². The van der Waals surface area contributed by atoms with Crippen molar-refractivity contribution in [3.05, 3.63) is 83.6 Å². The molecule has 2 aromatic rings. The molecule has 0 heterocycles. The third-order valence-electron chi connectivity index (χ3n) is 3.58. The van der Waals surface area contributed by atoms with Crippen molar-refractivity contribution in [3.8, 4) is 0 Å². The summed E-state index contributed by atoms with van der Waals surface area (Å²) in [6.45, 7) is 6.37. The molecule has 0 aromatic heterocycles. The quantitative estimate of drug-likeness (QED) is 0.502. The highest BCUT2D eigenvalue weighted by Crippen LogP contribution is 2.22. The van der Waals surface area contributed by atoms with Gasteiger partial charge in [-0.05, 0) is 23.1 Å². The van der Waals surface area contributed by atoms with Gasteiger partial charge in [-0.25, -0.2) is 0 Å². The highest BCUT2D eigenvalue weighted by atomic mass is 16.2. The summed E-state index contributed by atoms with van der Waals surface area (Å²) in [5.41, 5.74) is 7.53. The van der Waals surface area contributed by atoms with Crippen LogP contribution in [0, 0.1) is 0 Å². The molecule has 0 atom stereocenters. The molecule has 0 saturated carbocycles. The van der Waals surface area contributed by atoms with Crippen LogP contribution >= 0.6 is 0 Å². The predicted octanol–water partition coefficient (Wildman–Crippen LogP) is 3.62. The fraction of sp³-hybridized carbons (Fsp3) is 0.200. The smallest absolute Gasteiger partial charge is 0.269 e. The first-order chi connectivity index (χ1) is 11.4. The molecule has 0 radical (unpaired) electrons. The van der Waals surface area contributed by atoms with Crippen LogP contribution in [0.15, 0.2) is 66.9 Å². The first-order valence-corrected chi connectivity index (χ1v) is 7.80. The van der Waals surface area contributed by atoms with E-state index in [1.165, 1.54) is 17.8 Å². The van der Waals surface area contributed by atoms with Crippen LogP contribution in [-0.2, 0) is 5.41 Å². The summed E-state index contributed by atoms with van der Waals surface area (Å²) in [5.74, 6) is -0.390. The SMILES string of the molecule is CC(C)(C)c1ccc(C(=O)NN/C=C/C(=O)c2ccccc2)cc1. The molecular weight excluding hydrogens is 300 g/mol. The minimum absolute atomic E-state index is 0.0494. The van der Waals surface area contributed by atoms with Crippen molar-refractivity contribution in [2.75, 3.05) is 0 Å². The Morgan fingerprint density at radius 3 is 2.08 bits per heavy atom. The van der Waals surface area contributed by atoms with Gasteiger partial charge in [0.1, 0.15) is 0 Å². The number of carbonyl (C=O) groups is 2. The molecule has 124 valence electrons. The number of carbonyl (C=O) groups excluding carboxylic acids is 2. The topological polar surface area (TPSA) is 58.2 Å². The van der Waals surface area contributed by atoms with Crippen molar-refractivity contribution in [2.24, 2.45) is 0 Å². The molecule has 0 unspecified atom stereocenters. The molecule has 2 rings (SSSR count). The lowest BCUT2D eigenvalue weighted by atomic mass is 9.87. The van der Waals surface area contributed by atoms with Crippen LogP contribution in [0.3, 0.4) is 0 Å². The van der Waals surface area contributed by atoms with Crippen molar-refractivity contribution < 1.29 is 9.59 Å². The summed E-state index contributed by atoms with van der Waals surface area (Å²) >= 11 is 0. The number of hydrazine groups is 1. The number of amides is 1. The minimum Gasteiger partial charge on any atom is -0.305 e. The fourth-order valence-corrected chi connectivity index (χ4v) is 2.12. The third kappa shape index (κ3) is 4.81. The first-order valence-electron chi connectivity index (χ1n) is 7.80. The first kappa shape index (κ1) is 17.5. The van der Waals surface area contributed by atoms with Gasteiger partial charge in [-0.3, -0.25) is 15.0 Å². The Hall–Kier alpha value is -2.88. The van der Waals surface area contributed by atoms with Crippen LogP contribution < -0.4 is 10.9 Å². The van der Waals surface area contributed by atoms with Crippen LogP contribution in [0.5, 0.6) is 0 Å². The van der Waals surface area contributed by atoms with Crippen molar-refractivity contribution in [3.63, 3.8) is 0 Å². The molecule has 0 aliphatic heterocycles. The molecule has 2 aromatic carbocycles. The summed E-state index contributed by atoms with van der Waals surface area (Å²) < 4.78 is 0. The summed E-state index contributed by atoms with van der Waals surface area (Å²) in [6, 6.07) is 16.4. The monoisotopic (exact) mass is 322 g/mol. The number of nitrogens with one attached hydrogen (secondary N) is 2. The van der Waals surface area contributed by atoms with E-state index < -0.39 is 0 Å². The number of rotatable bonds is 5. The Balaban J connectivity index is 1.87. The number of hydrogen-bond donors (Lipinski definition) is 2. The van der Waals surface area contributed by atoms with Crippen molar-refractivity contribution >= 4 is 11.7 Å². The normalized spacial score (nSPS) is 11.3. The Labute approximate surface area is 142 Å². The molecule has 0 bridgehead atoms. The van der Waals surface area contributed by atoms with E-state index in [1.807, 2.05) is 18.2 Å². The van der Waals surface area contributed by atoms with Crippen molar-refractivity contribution in [1.29, 1.82) is 0 Å². The van der Waals surface area contributed by atoms with Gasteiger partial charge in [0.2, 0.25) is 0 Å². The Kier molecular flexibility index (Phi) is 5.53. The molecule has 4 nitrogen and oxygen atoms in total. The zero-order valence-corrected chi connectivity index (χ0v) is 14.2. The van der Waals surface area contributed by atoms with Gasteiger partial charge in [0.25, 0.3) is 5.91 Å². The highest BCUT2D eigenvalue weighted by Gasteiger charge is 2.14. The van der Waals surface area contributed by atoms with Crippen LogP contribution in [0.25, 0.3) is 0 Å². The predicted molar refractivity (Wildman–Crippen MR) is 95.7 cm³/mol. The Morgan fingerprint density at radius 1 is 0.875 bits per heavy atom. The van der Waals surface area contributed by atoms with E-state index in [0.717, 1.165) is 0 Å². The molecule has 1 amide bonds. The lowest BCUT2D eigenvalue weighted by molar-refractivity contribution is 0.0939. The average molecular weight is 322 g/mol. The number of benzene rings is 2. The van der Waals surface area contributed by atoms with E-state index in [1.54, 1.807) is 36.4 Å². The summed E-state index contributed by atoms with van der Waals surface area (Å²) in [7, 11) is 0. The van der Waals surface area contributed by atoms with Gasteiger partial charge in [0.15, 0.2) is 5.78 Å². The third-order valence-corrected chi connectivity index (χ3v) is 3.58. The number of allylic oxidation sites excluding steroid dienone is 1. The van der Waals surface area contributed by atoms with Crippen molar-refractivity contribution in [1.82, 2.24) is 10.9 Å². The second-order valence-electron chi connectivity index (χ2n) is 6.49. The maximum Gasteiger partial charge on any atom is 0.269 e. The van der Waals surface area contributed by atoms with Gasteiger partial charge in [-0.1, -0.05) is 63.2 Å². The summed E-state index contributed by atoms with van der Waals surface area (Å²) in [4.78, 5) is 23.9. The lowest BCUT2D eigenvalue weighted by Gasteiger charge is -2.19. The largest absolute Gasteiger partial charge is 0.305 e. The van der Waals surface area contributed by atoms with E-state index in [2.05, 4.69) is 31.6 Å². The van der Waals surface area contributed by atoms with Gasteiger partial charge in [0.05, 0.1) is 0 Å². The zero-order chi connectivity index (χ0) is 17.6. The molecule has 0 saturated heterocycles. The van der Waals surface area contributed by atoms with Crippen LogP contribution in [0.4, 0.5) is 0 Å². The molecule has 0 spiro atoms. The molecule has 0 aliphatic rings. The standard InChI is InChI=1S/C20H22N2O2/c1-20(2,3)17-11-9-16(10-12-17)19(24)22-21-14-13-18(23)15-7-5-4-6-8-15/h4-14,21H,1-3H3,(H,22,24)/b14-13+. The van der Waals surface area contributed by atoms with Gasteiger partial charge < -0.3 is 5.43 Å². The second kappa shape index (κ2) is 7.59. The molecule has 0 aliphatic carbocycles. The summed E-state index contributed by atoms with van der Waals surface area (Å²) in [6.07, 6.45) is 2.79. The van der Waals surface area contributed by atoms with Crippen molar-refractivity contribution in [2.45, 2.75) is 26.2 Å². The maximum atomic E-state index is 12.0. The Morgan fingerprint density at radius 2 is 1.50 bits per heavy atom. The van der Waals surface area contributed by atoms with Gasteiger partial charge in [0, 0.05) is 23.4 Å². The molecule has 24 heavy (non-hydrogen) atoms. The molecule has 0 fully saturated rings. The second-order valence-corrected chi connectivity index (χ2v) is 6.49. The molecular formula is C20H22N2O2. The number of hydrogen-bond acceptors (Lipinski definition) is 3. The van der Waals surface area contributed by atoms with E-state index in [4.69, 9.17) is 0 Å². The van der Waals surface area contributed by atoms with E-state index in [9.17, 15) is 9.59 Å². The maximum absolute atomic E-state index is 12.0. The van der Waals surface area contributed by atoms with Gasteiger partial charge in [-0.15, -0.1) is 0 Å². The lowest BCUT2D eigenvalue weighted by Crippen LogP contribution is -2.33. The molecule has 4 heteroatoms. The Bertz CT molecular complexity index is 726. The van der Waals surface area contributed by atoms with E-state index in [0.29, 0.717) is 11.1 Å². The fourth-order valence-electron chi connectivity index (χ4n) is 2.12. The number of ketones is 1. The van der Waals surface area contributed by atoms with Crippen LogP contribution in [-0.4, -0.2) is 11.7 Å². The van der Waals surface area contributed by atoms with E-state index in [-0.39, 0.29) is 17.1 Å². The average Bonchev–Trinajstić information content (AvgIpc) is 2.58. The van der Waals surface area contributed by atoms with Crippen LogP contribution in [0.2, 0.25) is 0 Å². The summed E-state index contributed by atoms with van der Waals surface area (Å²) in [5, 5.41) is 0. The minimum atomic E-state index is -0.257. The zero-order valence-electron chi connectivity index (χ0n) is 14.2. The van der Waals surface area contributed by atoms with Gasteiger partial charge >= 0.3 is 0 Å². The highest BCUT2D eigenvalue weighted by molar-refractivity contribution is 6.04. The molecule has 2 N–H and O–H groups in total. The van der Waals surface area contributed by atoms with Gasteiger partial charge in [-0.2, -0.15) is 0 Å².